The number of aromatic hydroxyl groups is 1. The standard InChI is InChI=1S/C77H115N13O22S4/c1-10-19-65(99)112-43-90(73(105)66(45(5)11-2)86-71(104)58-22-15-16-33-89(58)9)59(44(3)4)40-60(92)72-83-57(42-114-72)70(103)80-51(37-50-24-26-52(91)27-25-50)36-46(6)67(100)87-88-77(110)111-34-17-18-35-115-116-41-48(8)79-68(101)55(38-49-20-13-12-14-21-49)82-69(102)56(39-64(97)98)81-62(94)30-23-47(7)78-61(93)31-28-53(74(106)107)84-76(113)85-54(75(108)109)29-32-63(95)96/h12-14,20-21,24-27,42,44-48,51,53-56,58-60,66,91-92H,10-11,15-19,22-23,28-41,43H2,1-9H3,(H,78,93)(H,79,101)(H,80,103)(H,81,94)(H,82,102)(H,86,104)(H,87,100)(H,88,110)(H,95,96)(H,97,98)(H,106,107)(H,108,109)(H2,84,85,113)/t45?,46-,47+,48-,51+,53-,54-,55+,56-,58+,59+,60+,66-/m0/s1. The zero-order valence-electron chi connectivity index (χ0n) is 67.0. The lowest BCUT2D eigenvalue weighted by atomic mass is 9.92. The predicted molar refractivity (Wildman–Crippen MR) is 437 cm³/mol. The highest BCUT2D eigenvalue weighted by atomic mass is 33.1. The van der Waals surface area contributed by atoms with E-state index in [2.05, 4.69) is 58.4 Å². The molecule has 1 fully saturated rings. The molecule has 39 heteroatoms. The number of carboxylic acid groups (broad SMARTS) is 4. The molecule has 1 unspecified atom stereocenters. The second kappa shape index (κ2) is 52.3. The number of esters is 1. The summed E-state index contributed by atoms with van der Waals surface area (Å²) in [5.74, 6) is -11.3. The van der Waals surface area contributed by atoms with E-state index in [-0.39, 0.29) is 105 Å². The van der Waals surface area contributed by atoms with Gasteiger partial charge in [-0.05, 0) is 139 Å². The summed E-state index contributed by atoms with van der Waals surface area (Å²) in [6, 6.07) is 5.31. The highest BCUT2D eigenvalue weighted by molar-refractivity contribution is 8.76. The fourth-order valence-electron chi connectivity index (χ4n) is 12.3. The molecular weight excluding hydrogens is 1590 g/mol. The summed E-state index contributed by atoms with van der Waals surface area (Å²) >= 11 is 6.05. The number of nitrogens with zero attached hydrogens (tertiary/aromatic N) is 3. The average molecular weight is 1700 g/mol. The second-order valence-electron chi connectivity index (χ2n) is 29.2. The summed E-state index contributed by atoms with van der Waals surface area (Å²) in [5, 5.41) is 82.1. The number of aliphatic carboxylic acids is 4. The van der Waals surface area contributed by atoms with Gasteiger partial charge in [0.15, 0.2) is 11.8 Å². The highest BCUT2D eigenvalue weighted by Crippen LogP contribution is 2.30. The molecule has 13 atom stereocenters. The Morgan fingerprint density at radius 1 is 0.655 bits per heavy atom. The number of amides is 9. The number of phenols is 1. The second-order valence-corrected chi connectivity index (χ2v) is 33.1. The van der Waals surface area contributed by atoms with E-state index in [9.17, 15) is 92.7 Å². The van der Waals surface area contributed by atoms with Crippen LogP contribution in [0.2, 0.25) is 0 Å². The molecule has 0 spiro atoms. The van der Waals surface area contributed by atoms with Crippen LogP contribution >= 0.6 is 45.1 Å². The van der Waals surface area contributed by atoms with Gasteiger partial charge >= 0.3 is 35.9 Å². The van der Waals surface area contributed by atoms with Gasteiger partial charge in [-0.1, -0.05) is 118 Å². The summed E-state index contributed by atoms with van der Waals surface area (Å²) in [6.45, 7) is 14.6. The largest absolute Gasteiger partial charge is 0.508 e. The van der Waals surface area contributed by atoms with E-state index in [1.54, 1.807) is 63.2 Å². The first-order valence-electron chi connectivity index (χ1n) is 38.8. The number of carboxylic acids is 4. The van der Waals surface area contributed by atoms with Crippen LogP contribution in [-0.2, 0) is 79.8 Å². The molecule has 9 amide bonds. The number of likely N-dealkylation sites (tertiary alicyclic amines) is 1. The number of unbranched alkanes of at least 4 members (excludes halogenated alkanes) is 1. The number of carbonyl (C=O) groups is 14. The smallest absolute Gasteiger partial charge is 0.426 e. The molecule has 0 radical (unpaired) electrons. The predicted octanol–water partition coefficient (Wildman–Crippen LogP) is 5.22. The van der Waals surface area contributed by atoms with Gasteiger partial charge in [-0.25, -0.2) is 24.8 Å². The number of carbonyl (C=O) groups excluding carboxylic acids is 10. The number of hydrogen-bond donors (Lipinski definition) is 16. The van der Waals surface area contributed by atoms with Crippen molar-refractivity contribution in [2.75, 3.05) is 38.4 Å². The quantitative estimate of drug-likeness (QED) is 0.00860. The maximum Gasteiger partial charge on any atom is 0.426 e. The normalized spacial score (nSPS) is 15.8. The van der Waals surface area contributed by atoms with E-state index >= 15 is 0 Å². The Hall–Kier alpha value is -9.44. The number of thiocarbonyl (C=S) groups is 1. The first-order valence-corrected chi connectivity index (χ1v) is 42.6. The summed E-state index contributed by atoms with van der Waals surface area (Å²) in [5.41, 5.74) is 5.97. The Labute approximate surface area is 692 Å². The molecule has 3 aromatic rings. The zero-order valence-corrected chi connectivity index (χ0v) is 70.3. The maximum atomic E-state index is 14.8. The molecule has 1 aliphatic rings. The van der Waals surface area contributed by atoms with Crippen LogP contribution in [0.3, 0.4) is 0 Å². The Balaban J connectivity index is 1.25. The number of phenolic OH excluding ortho intramolecular Hbond substituents is 1. The van der Waals surface area contributed by atoms with Crippen molar-refractivity contribution in [3.8, 4) is 5.75 Å². The van der Waals surface area contributed by atoms with Gasteiger partial charge in [-0.3, -0.25) is 63.1 Å². The van der Waals surface area contributed by atoms with E-state index in [4.69, 9.17) is 26.8 Å². The number of piperidine rings is 1. The molecule has 2 aromatic carbocycles. The van der Waals surface area contributed by atoms with E-state index in [1.165, 1.54) is 44.0 Å². The molecule has 4 rings (SSSR count). The Bertz CT molecular complexity index is 3730. The monoisotopic (exact) mass is 1700 g/mol. The van der Waals surface area contributed by atoms with Crippen molar-refractivity contribution in [1.82, 2.24) is 68.2 Å². The summed E-state index contributed by atoms with van der Waals surface area (Å²) in [6.07, 6.45) is -0.0184. The molecule has 0 saturated carbocycles. The molecular formula is C77H115N13O22S4. The number of rotatable bonds is 52. The van der Waals surface area contributed by atoms with Crippen molar-refractivity contribution in [2.24, 2.45) is 17.8 Å². The number of aromatic nitrogens is 1. The number of benzene rings is 2. The first-order chi connectivity index (χ1) is 55.0. The molecule has 1 saturated heterocycles. The molecule has 116 heavy (non-hydrogen) atoms. The van der Waals surface area contributed by atoms with Gasteiger partial charge in [0.05, 0.1) is 19.1 Å². The first kappa shape index (κ1) is 98.9. The van der Waals surface area contributed by atoms with Crippen LogP contribution in [0.1, 0.15) is 197 Å². The topological polar surface area (TPSA) is 518 Å². The van der Waals surface area contributed by atoms with Crippen molar-refractivity contribution >= 4 is 133 Å². The third-order valence-electron chi connectivity index (χ3n) is 19.1. The Kier molecular flexibility index (Phi) is 44.6. The number of aliphatic hydroxyl groups is 1. The van der Waals surface area contributed by atoms with Gasteiger partial charge in [0.25, 0.3) is 5.91 Å². The van der Waals surface area contributed by atoms with E-state index in [0.29, 0.717) is 54.7 Å². The van der Waals surface area contributed by atoms with Crippen LogP contribution in [0.5, 0.6) is 5.75 Å². The molecule has 35 nitrogen and oxygen atoms in total. The lowest BCUT2D eigenvalue weighted by molar-refractivity contribution is -0.159. The van der Waals surface area contributed by atoms with Crippen LogP contribution in [0.4, 0.5) is 4.79 Å². The number of likely N-dealkylation sites (N-methyl/N-ethyl adjacent to an activating group) is 1. The van der Waals surface area contributed by atoms with Gasteiger partial charge in [-0.2, -0.15) is 0 Å². The van der Waals surface area contributed by atoms with Crippen molar-refractivity contribution in [1.29, 1.82) is 0 Å². The zero-order chi connectivity index (χ0) is 86.1. The van der Waals surface area contributed by atoms with Crippen molar-refractivity contribution in [3.63, 3.8) is 0 Å². The summed E-state index contributed by atoms with van der Waals surface area (Å²) < 4.78 is 11.0. The van der Waals surface area contributed by atoms with Gasteiger partial charge in [-0.15, -0.1) is 11.3 Å². The SMILES string of the molecule is CCCC(=O)OCN(C(=O)[C@@H](NC(=O)[C@H]1CCCCN1C)C(C)CC)[C@H](C[C@@H](O)c1nc(C(=O)N[C@@H](Cc2ccc(O)cc2)C[C@H](C)C(=O)NNC(=O)OCCCCSSC[C@H](C)NC(=O)[C@@H](Cc2ccccc2)NC(=O)[C@H](CC(=O)O)NC(=O)CC[C@@H](C)NC(=O)CC[C@H](NC(=S)N[C@@H](CCC(=O)O)C(=O)O)C(=O)O)cs1)C(C)C. The summed E-state index contributed by atoms with van der Waals surface area (Å²) in [7, 11) is 4.82. The van der Waals surface area contributed by atoms with Gasteiger partial charge in [0, 0.05) is 85.5 Å². The Morgan fingerprint density at radius 2 is 1.29 bits per heavy atom. The third-order valence-corrected chi connectivity index (χ3v) is 22.9. The van der Waals surface area contributed by atoms with E-state index in [0.717, 1.165) is 30.7 Å². The molecule has 16 N–H and O–H groups in total. The molecule has 0 bridgehead atoms. The van der Waals surface area contributed by atoms with Crippen LogP contribution in [0.15, 0.2) is 60.0 Å². The van der Waals surface area contributed by atoms with Crippen molar-refractivity contribution < 1.29 is 107 Å². The molecule has 0 aliphatic carbocycles. The van der Waals surface area contributed by atoms with Crippen LogP contribution < -0.4 is 53.4 Å². The summed E-state index contributed by atoms with van der Waals surface area (Å²) in [4.78, 5) is 190. The minimum absolute atomic E-state index is 0.0000890. The Morgan fingerprint density at radius 3 is 1.91 bits per heavy atom. The molecule has 1 aliphatic heterocycles. The fraction of sp³-hybridized carbons (Fsp3) is 0.610. The van der Waals surface area contributed by atoms with Gasteiger partial charge in [0.2, 0.25) is 41.4 Å². The van der Waals surface area contributed by atoms with Gasteiger partial charge < -0.3 is 87.5 Å². The average Bonchev–Trinajstić information content (AvgIpc) is 1.39. The van der Waals surface area contributed by atoms with Crippen LogP contribution in [0.25, 0.3) is 0 Å². The van der Waals surface area contributed by atoms with Crippen molar-refractivity contribution in [3.05, 3.63) is 81.8 Å². The lowest BCUT2D eigenvalue weighted by Gasteiger charge is -2.39. The van der Waals surface area contributed by atoms with E-state index in [1.807, 2.05) is 46.6 Å². The number of ether oxygens (including phenoxy) is 2. The minimum atomic E-state index is -1.63. The van der Waals surface area contributed by atoms with Crippen LogP contribution in [-0.4, -0.2) is 233 Å². The minimum Gasteiger partial charge on any atom is -0.508 e. The fourth-order valence-corrected chi connectivity index (χ4v) is 15.8. The number of thiazole rings is 1. The van der Waals surface area contributed by atoms with E-state index < -0.39 is 174 Å². The highest BCUT2D eigenvalue weighted by Gasteiger charge is 2.40. The molecule has 644 valence electrons. The van der Waals surface area contributed by atoms with Crippen LogP contribution in [0, 0.1) is 17.8 Å². The lowest BCUT2D eigenvalue weighted by Crippen LogP contribution is -2.59. The van der Waals surface area contributed by atoms with Crippen molar-refractivity contribution in [2.45, 2.75) is 244 Å². The number of nitrogens with one attached hydrogen (secondary N) is 10. The molecule has 1 aromatic heterocycles. The number of hydrogen-bond acceptors (Lipinski definition) is 24. The number of hydrazine groups is 1. The molecule has 2 heterocycles. The van der Waals surface area contributed by atoms with Gasteiger partial charge in [0.1, 0.15) is 52.8 Å². The maximum absolute atomic E-state index is 14.8. The number of aliphatic hydroxyl groups excluding tert-OH is 1. The third kappa shape index (κ3) is 37.2.